The van der Waals surface area contributed by atoms with Crippen LogP contribution in [0.5, 0.6) is 0 Å². The summed E-state index contributed by atoms with van der Waals surface area (Å²) in [5.41, 5.74) is 1.81. The number of imide groups is 1. The number of carbonyl (C=O) groups excluding carboxylic acids is 2. The molecule has 1 aromatic rings. The van der Waals surface area contributed by atoms with Gasteiger partial charge in [0.25, 0.3) is 5.91 Å². The number of urea groups is 1. The van der Waals surface area contributed by atoms with E-state index < -0.39 is 18.2 Å². The maximum atomic E-state index is 12.0. The van der Waals surface area contributed by atoms with Gasteiger partial charge >= 0.3 is 6.03 Å². The Balaban J connectivity index is 2.04. The van der Waals surface area contributed by atoms with Crippen LogP contribution in [0.3, 0.4) is 0 Å². The second-order valence-corrected chi connectivity index (χ2v) is 5.14. The maximum Gasteiger partial charge on any atom is 0.325 e. The van der Waals surface area contributed by atoms with Gasteiger partial charge in [-0.15, -0.1) is 0 Å². The second kappa shape index (κ2) is 4.06. The van der Waals surface area contributed by atoms with E-state index in [-0.39, 0.29) is 5.91 Å². The molecule has 1 saturated heterocycles. The van der Waals surface area contributed by atoms with Gasteiger partial charge in [-0.3, -0.25) is 10.1 Å². The number of fused-ring (bicyclic) bond motifs is 1. The first-order chi connectivity index (χ1) is 9.40. The van der Waals surface area contributed by atoms with E-state index in [1.807, 2.05) is 19.9 Å². The first kappa shape index (κ1) is 12.6. The molecular weight excluding hydrogens is 260 g/mol. The zero-order valence-corrected chi connectivity index (χ0v) is 11.8. The van der Waals surface area contributed by atoms with Crippen LogP contribution >= 0.6 is 0 Å². The summed E-state index contributed by atoms with van der Waals surface area (Å²) in [6.45, 7) is 3.82. The predicted molar refractivity (Wildman–Crippen MR) is 71.2 cm³/mol. The van der Waals surface area contributed by atoms with Gasteiger partial charge in [-0.2, -0.15) is 5.10 Å². The maximum absolute atomic E-state index is 12.0. The van der Waals surface area contributed by atoms with E-state index in [0.717, 1.165) is 11.4 Å². The van der Waals surface area contributed by atoms with Crippen LogP contribution in [0.2, 0.25) is 0 Å². The highest BCUT2D eigenvalue weighted by Gasteiger charge is 2.47. The lowest BCUT2D eigenvalue weighted by Gasteiger charge is -2.34. The van der Waals surface area contributed by atoms with E-state index in [1.165, 1.54) is 4.90 Å². The molecule has 0 bridgehead atoms. The highest BCUT2D eigenvalue weighted by Crippen LogP contribution is 2.23. The van der Waals surface area contributed by atoms with Gasteiger partial charge in [-0.05, 0) is 19.9 Å². The Morgan fingerprint density at radius 2 is 1.90 bits per heavy atom. The summed E-state index contributed by atoms with van der Waals surface area (Å²) in [4.78, 5) is 31.3. The van der Waals surface area contributed by atoms with Gasteiger partial charge in [-0.1, -0.05) is 0 Å². The molecule has 8 nitrogen and oxygen atoms in total. The third-order valence-electron chi connectivity index (χ3n) is 3.68. The van der Waals surface area contributed by atoms with Crippen LogP contribution in [0.4, 0.5) is 4.79 Å². The fourth-order valence-electron chi connectivity index (χ4n) is 2.64. The summed E-state index contributed by atoms with van der Waals surface area (Å²) in [5.74, 6) is 0.239. The number of nitrogens with one attached hydrogen (secondary N) is 1. The number of aryl methyl sites for hydroxylation is 2. The topological polar surface area (TPSA) is 82.8 Å². The summed E-state index contributed by atoms with van der Waals surface area (Å²) >= 11 is 0. The zero-order chi connectivity index (χ0) is 14.6. The van der Waals surface area contributed by atoms with Crippen molar-refractivity contribution in [1.29, 1.82) is 0 Å². The number of nitrogens with zero attached hydrogens (tertiary/aromatic N) is 5. The molecule has 0 radical (unpaired) electrons. The molecule has 2 atom stereocenters. The number of aliphatic imine (C=N–C) groups is 1. The van der Waals surface area contributed by atoms with Crippen LogP contribution in [-0.4, -0.2) is 63.8 Å². The van der Waals surface area contributed by atoms with Crippen LogP contribution in [0.25, 0.3) is 0 Å². The van der Waals surface area contributed by atoms with Gasteiger partial charge < -0.3 is 9.80 Å². The molecule has 106 valence electrons. The third-order valence-corrected chi connectivity index (χ3v) is 3.68. The van der Waals surface area contributed by atoms with Gasteiger partial charge in [0.2, 0.25) is 5.96 Å². The molecule has 3 heterocycles. The molecule has 1 fully saturated rings. The molecule has 2 aliphatic heterocycles. The molecular formula is C12H16N6O2. The van der Waals surface area contributed by atoms with E-state index in [4.69, 9.17) is 0 Å². The molecule has 0 aliphatic carbocycles. The molecule has 2 aliphatic rings. The minimum Gasteiger partial charge on any atom is -0.328 e. The van der Waals surface area contributed by atoms with Crippen LogP contribution < -0.4 is 5.32 Å². The summed E-state index contributed by atoms with van der Waals surface area (Å²) < 4.78 is 1.69. The lowest BCUT2D eigenvalue weighted by molar-refractivity contribution is -0.126. The molecule has 0 spiro atoms. The number of rotatable bonds is 0. The Morgan fingerprint density at radius 1 is 1.20 bits per heavy atom. The Hall–Kier alpha value is -2.38. The standard InChI is InChI=1S/C12H16N6O2/c1-6-5-7(2)18(15-6)11-13-9-8(16(11)3)10(19)14-12(20)17(9)4/h5,8-9H,1-4H3,(H,14,19,20). The number of hydrogen-bond donors (Lipinski definition) is 1. The van der Waals surface area contributed by atoms with Gasteiger partial charge in [-0.25, -0.2) is 14.5 Å². The lowest BCUT2D eigenvalue weighted by Crippen LogP contribution is -2.63. The summed E-state index contributed by atoms with van der Waals surface area (Å²) in [5, 5.41) is 6.70. The van der Waals surface area contributed by atoms with Crippen molar-refractivity contribution in [2.45, 2.75) is 26.1 Å². The fraction of sp³-hybridized carbons (Fsp3) is 0.500. The van der Waals surface area contributed by atoms with Gasteiger partial charge in [0, 0.05) is 19.8 Å². The summed E-state index contributed by atoms with van der Waals surface area (Å²) in [6.07, 6.45) is -0.514. The largest absolute Gasteiger partial charge is 0.328 e. The molecule has 0 saturated carbocycles. The average Bonchev–Trinajstić information content (AvgIpc) is 2.87. The van der Waals surface area contributed by atoms with E-state index >= 15 is 0 Å². The second-order valence-electron chi connectivity index (χ2n) is 5.14. The van der Waals surface area contributed by atoms with E-state index in [2.05, 4.69) is 15.4 Å². The van der Waals surface area contributed by atoms with Crippen LogP contribution in [0, 0.1) is 13.8 Å². The first-order valence-electron chi connectivity index (χ1n) is 6.32. The van der Waals surface area contributed by atoms with Crippen molar-refractivity contribution in [3.05, 3.63) is 17.5 Å². The lowest BCUT2D eigenvalue weighted by atomic mass is 10.1. The smallest absolute Gasteiger partial charge is 0.325 e. The Kier molecular flexibility index (Phi) is 2.56. The van der Waals surface area contributed by atoms with Crippen LogP contribution in [-0.2, 0) is 4.79 Å². The zero-order valence-electron chi connectivity index (χ0n) is 11.8. The van der Waals surface area contributed by atoms with Gasteiger partial charge in [0.1, 0.15) is 0 Å². The highest BCUT2D eigenvalue weighted by molar-refractivity contribution is 6.03. The molecule has 3 amide bonds. The molecule has 0 aromatic carbocycles. The van der Waals surface area contributed by atoms with Crippen LogP contribution in [0.1, 0.15) is 11.4 Å². The predicted octanol–water partition coefficient (Wildman–Crippen LogP) is -0.474. The first-order valence-corrected chi connectivity index (χ1v) is 6.32. The molecule has 1 N–H and O–H groups in total. The molecule has 2 unspecified atom stereocenters. The minimum atomic E-state index is -0.517. The quantitative estimate of drug-likeness (QED) is 0.694. The average molecular weight is 276 g/mol. The van der Waals surface area contributed by atoms with Crippen LogP contribution in [0.15, 0.2) is 11.1 Å². The van der Waals surface area contributed by atoms with Crippen molar-refractivity contribution >= 4 is 17.9 Å². The Bertz CT molecular complexity index is 634. The van der Waals surface area contributed by atoms with Crippen molar-refractivity contribution in [3.8, 4) is 0 Å². The normalized spacial score (nSPS) is 25.7. The van der Waals surface area contributed by atoms with E-state index in [0.29, 0.717) is 5.96 Å². The molecule has 8 heteroatoms. The molecule has 3 rings (SSSR count). The number of aromatic nitrogens is 2. The van der Waals surface area contributed by atoms with E-state index in [9.17, 15) is 9.59 Å². The van der Waals surface area contributed by atoms with Crippen molar-refractivity contribution < 1.29 is 9.59 Å². The number of likely N-dealkylation sites (N-methyl/N-ethyl adjacent to an activating group) is 2. The monoisotopic (exact) mass is 276 g/mol. The highest BCUT2D eigenvalue weighted by atomic mass is 16.2. The molecule has 20 heavy (non-hydrogen) atoms. The number of amides is 3. The summed E-state index contributed by atoms with van der Waals surface area (Å²) in [7, 11) is 3.41. The van der Waals surface area contributed by atoms with E-state index in [1.54, 1.807) is 23.7 Å². The number of hydrogen-bond acceptors (Lipinski definition) is 5. The van der Waals surface area contributed by atoms with Gasteiger partial charge in [0.15, 0.2) is 12.2 Å². The van der Waals surface area contributed by atoms with Crippen molar-refractivity contribution in [3.63, 3.8) is 0 Å². The SMILES string of the molecule is Cc1cc(C)n(C2=NC3C(C(=O)NC(=O)N3C)N2C)n1. The Labute approximate surface area is 116 Å². The third kappa shape index (κ3) is 1.60. The summed E-state index contributed by atoms with van der Waals surface area (Å²) in [6, 6.07) is 0.993. The van der Waals surface area contributed by atoms with Crippen molar-refractivity contribution in [1.82, 2.24) is 24.9 Å². The number of carbonyl (C=O) groups is 2. The van der Waals surface area contributed by atoms with Gasteiger partial charge in [0.05, 0.1) is 5.69 Å². The van der Waals surface area contributed by atoms with Crippen molar-refractivity contribution in [2.24, 2.45) is 4.99 Å². The minimum absolute atomic E-state index is 0.333. The fourth-order valence-corrected chi connectivity index (χ4v) is 2.64. The Morgan fingerprint density at radius 3 is 2.50 bits per heavy atom. The molecule has 1 aromatic heterocycles. The van der Waals surface area contributed by atoms with Crippen molar-refractivity contribution in [2.75, 3.05) is 14.1 Å².